The molecule has 0 radical (unpaired) electrons. The van der Waals surface area contributed by atoms with Gasteiger partial charge in [0.2, 0.25) is 0 Å². The summed E-state index contributed by atoms with van der Waals surface area (Å²) in [4.78, 5) is 25.0. The summed E-state index contributed by atoms with van der Waals surface area (Å²) in [6.45, 7) is 2.34. The number of carbonyl (C=O) groups is 2. The second-order valence-corrected chi connectivity index (χ2v) is 12.8. The van der Waals surface area contributed by atoms with E-state index in [9.17, 15) is 50.4 Å². The maximum Gasteiger partial charge on any atom is 0.191 e. The highest BCUT2D eigenvalue weighted by Crippen LogP contribution is 2.27. The molecule has 254 valence electrons. The summed E-state index contributed by atoms with van der Waals surface area (Å²) in [7, 11) is 0. The highest BCUT2D eigenvalue weighted by Gasteiger charge is 2.34. The number of hydrogen-bond acceptors (Lipinski definition) is 16. The van der Waals surface area contributed by atoms with Crippen molar-refractivity contribution in [2.45, 2.75) is 81.1 Å². The van der Waals surface area contributed by atoms with Gasteiger partial charge in [0, 0.05) is 44.0 Å². The fraction of sp³-hybridized carbons (Fsp3) is 0.714. The van der Waals surface area contributed by atoms with Crippen LogP contribution in [-0.2, 0) is 21.1 Å². The van der Waals surface area contributed by atoms with Crippen LogP contribution in [0.4, 0.5) is 0 Å². The second-order valence-electron chi connectivity index (χ2n) is 10.7. The molecule has 1 aromatic rings. The molecule has 8 atom stereocenters. The van der Waals surface area contributed by atoms with Crippen LogP contribution < -0.4 is 4.74 Å². The molecule has 0 unspecified atom stereocenters. The molecule has 0 fully saturated rings. The van der Waals surface area contributed by atoms with Crippen LogP contribution in [0.15, 0.2) is 18.2 Å². The summed E-state index contributed by atoms with van der Waals surface area (Å²) in [5, 5.41) is 98.7. The van der Waals surface area contributed by atoms with Crippen LogP contribution in [0.2, 0.25) is 0 Å². The van der Waals surface area contributed by atoms with Crippen LogP contribution in [0.5, 0.6) is 5.75 Å². The smallest absolute Gasteiger partial charge is 0.191 e. The van der Waals surface area contributed by atoms with E-state index in [1.165, 1.54) is 11.8 Å². The molecule has 10 N–H and O–H groups in total. The Hall–Kier alpha value is -1.38. The van der Waals surface area contributed by atoms with E-state index in [1.807, 2.05) is 0 Å². The third-order valence-electron chi connectivity index (χ3n) is 6.67. The number of rotatable bonds is 21. The Morgan fingerprint density at radius 3 is 1.68 bits per heavy atom. The van der Waals surface area contributed by atoms with Gasteiger partial charge in [-0.1, -0.05) is 43.4 Å². The molecule has 0 spiro atoms. The fourth-order valence-corrected chi connectivity index (χ4v) is 5.42. The number of aliphatic hydroxyl groups excluding tert-OH is 10. The number of thioether (sulfide) groups is 2. The Morgan fingerprint density at radius 2 is 1.23 bits per heavy atom. The van der Waals surface area contributed by atoms with E-state index in [1.54, 1.807) is 32.0 Å². The summed E-state index contributed by atoms with van der Waals surface area (Å²) >= 11 is 2.28. The molecular formula is C28H47NO13S2. The van der Waals surface area contributed by atoms with E-state index in [2.05, 4.69) is 0 Å². The van der Waals surface area contributed by atoms with Crippen LogP contribution in [0.1, 0.15) is 31.9 Å². The predicted octanol–water partition coefficient (Wildman–Crippen LogP) is -2.57. The first-order valence-electron chi connectivity index (χ1n) is 14.1. The lowest BCUT2D eigenvalue weighted by atomic mass is 10.0. The first-order chi connectivity index (χ1) is 20.6. The van der Waals surface area contributed by atoms with Crippen LogP contribution in [0.3, 0.4) is 0 Å². The van der Waals surface area contributed by atoms with Gasteiger partial charge >= 0.3 is 0 Å². The third-order valence-corrected chi connectivity index (χ3v) is 8.74. The molecule has 0 saturated carbocycles. The molecule has 0 bridgehead atoms. The number of benzene rings is 1. The Balaban J connectivity index is 3.07. The van der Waals surface area contributed by atoms with E-state index in [4.69, 9.17) is 14.9 Å². The topological polar surface area (TPSA) is 249 Å². The Morgan fingerprint density at radius 1 is 0.750 bits per heavy atom. The number of carbonyl (C=O) groups excluding carboxylic acids is 2. The summed E-state index contributed by atoms with van der Waals surface area (Å²) < 4.78 is 5.86. The van der Waals surface area contributed by atoms with Crippen LogP contribution in [0, 0.1) is 5.92 Å². The van der Waals surface area contributed by atoms with Gasteiger partial charge in [-0.15, -0.1) is 0 Å². The molecule has 0 heterocycles. The van der Waals surface area contributed by atoms with Crippen molar-refractivity contribution < 1.29 is 65.4 Å². The molecular weight excluding hydrogens is 622 g/mol. The number of nitrogens with zero attached hydrogens (tertiary/aromatic N) is 1. The molecule has 1 rings (SSSR count). The minimum absolute atomic E-state index is 0.00637. The molecule has 14 nitrogen and oxygen atoms in total. The minimum Gasteiger partial charge on any atom is -0.492 e. The maximum absolute atomic E-state index is 12.2. The van der Waals surface area contributed by atoms with E-state index < -0.39 is 75.1 Å². The molecule has 0 aromatic heterocycles. The first kappa shape index (κ1) is 40.6. The van der Waals surface area contributed by atoms with Crippen molar-refractivity contribution in [2.75, 3.05) is 39.5 Å². The lowest BCUT2D eigenvalue weighted by Crippen LogP contribution is -2.53. The van der Waals surface area contributed by atoms with Gasteiger partial charge in [0.15, 0.2) is 10.2 Å². The van der Waals surface area contributed by atoms with Gasteiger partial charge < -0.3 is 55.8 Å². The zero-order chi connectivity index (χ0) is 33.6. The number of ether oxygens (including phenoxy) is 1. The average Bonchev–Trinajstić information content (AvgIpc) is 3.00. The van der Waals surface area contributed by atoms with E-state index in [0.717, 1.165) is 34.7 Å². The fourth-order valence-electron chi connectivity index (χ4n) is 3.88. The molecule has 0 saturated heterocycles. The first-order valence-corrected chi connectivity index (χ1v) is 16.0. The quantitative estimate of drug-likeness (QED) is 0.0646. The maximum atomic E-state index is 12.2. The zero-order valence-electron chi connectivity index (χ0n) is 25.0. The summed E-state index contributed by atoms with van der Waals surface area (Å²) in [5.41, 5.74) is 1.64. The predicted molar refractivity (Wildman–Crippen MR) is 164 cm³/mol. The van der Waals surface area contributed by atoms with Gasteiger partial charge in [-0.2, -0.15) is 0 Å². The summed E-state index contributed by atoms with van der Waals surface area (Å²) in [6, 6.07) is 5.19. The lowest BCUT2D eigenvalue weighted by molar-refractivity contribution is -0.130. The standard InChI is InChI=1S/C28H47NO13S2/c1-15(2)28(41)44-14-18-8-19(5-4-17(18)13-43-16(3)32)42-7-6-29(9-20(33)24(37)26(39)22(35)11-30)10-21(34)25(38)27(40)23(36)12-31/h4-5,8,15,20-27,30-31,33-40H,6-7,9-14H2,1-3H3/t20-,21-,22+,23+,24+,25+,26+,27+/m0/s1. The van der Waals surface area contributed by atoms with Crippen molar-refractivity contribution in [3.8, 4) is 5.75 Å². The van der Waals surface area contributed by atoms with Gasteiger partial charge in [-0.3, -0.25) is 14.5 Å². The second kappa shape index (κ2) is 20.7. The van der Waals surface area contributed by atoms with Gasteiger partial charge in [-0.25, -0.2) is 0 Å². The van der Waals surface area contributed by atoms with Crippen molar-refractivity contribution in [1.82, 2.24) is 4.90 Å². The highest BCUT2D eigenvalue weighted by molar-refractivity contribution is 8.13. The lowest BCUT2D eigenvalue weighted by Gasteiger charge is -2.33. The summed E-state index contributed by atoms with van der Waals surface area (Å²) in [6.07, 6.45) is -14.5. The van der Waals surface area contributed by atoms with Crippen molar-refractivity contribution in [3.05, 3.63) is 29.3 Å². The van der Waals surface area contributed by atoms with E-state index in [0.29, 0.717) is 17.3 Å². The average molecular weight is 670 g/mol. The minimum atomic E-state index is -1.90. The van der Waals surface area contributed by atoms with Gasteiger partial charge in [0.25, 0.3) is 0 Å². The van der Waals surface area contributed by atoms with E-state index >= 15 is 0 Å². The molecule has 0 aliphatic rings. The molecule has 0 aliphatic carbocycles. The van der Waals surface area contributed by atoms with Crippen molar-refractivity contribution in [3.63, 3.8) is 0 Å². The SMILES string of the molecule is CC(=O)SCc1ccc(OCCN(C[C@H](O)[C@@H](O)[C@H](O)[C@H](O)CO)C[C@H](O)[C@@H](O)[C@H](O)[C@H](O)CO)cc1CSC(=O)C(C)C. The Labute approximate surface area is 265 Å². The molecule has 16 heteroatoms. The zero-order valence-corrected chi connectivity index (χ0v) is 26.7. The molecule has 1 aromatic carbocycles. The molecule has 0 aliphatic heterocycles. The van der Waals surface area contributed by atoms with Crippen molar-refractivity contribution >= 4 is 33.8 Å². The van der Waals surface area contributed by atoms with Gasteiger partial charge in [-0.05, 0) is 23.3 Å². The summed E-state index contributed by atoms with van der Waals surface area (Å²) in [5.74, 6) is 1.01. The molecule has 44 heavy (non-hydrogen) atoms. The highest BCUT2D eigenvalue weighted by atomic mass is 32.2. The van der Waals surface area contributed by atoms with Gasteiger partial charge in [0.05, 0.1) is 25.4 Å². The van der Waals surface area contributed by atoms with Gasteiger partial charge in [0.1, 0.15) is 49.0 Å². The number of aliphatic hydroxyl groups is 10. The normalized spacial score (nSPS) is 17.5. The van der Waals surface area contributed by atoms with Crippen LogP contribution >= 0.6 is 23.5 Å². The largest absolute Gasteiger partial charge is 0.492 e. The monoisotopic (exact) mass is 669 g/mol. The van der Waals surface area contributed by atoms with Crippen LogP contribution in [0.25, 0.3) is 0 Å². The van der Waals surface area contributed by atoms with Crippen molar-refractivity contribution in [2.24, 2.45) is 5.92 Å². The molecule has 0 amide bonds. The van der Waals surface area contributed by atoms with Crippen molar-refractivity contribution in [1.29, 1.82) is 0 Å². The number of hydrogen-bond donors (Lipinski definition) is 10. The Kier molecular flexibility index (Phi) is 19.1. The third kappa shape index (κ3) is 13.9. The van der Waals surface area contributed by atoms with E-state index in [-0.39, 0.29) is 29.3 Å². The van der Waals surface area contributed by atoms with Crippen LogP contribution in [-0.4, -0.2) is 154 Å². The Bertz CT molecular complexity index is 974.